The van der Waals surface area contributed by atoms with Gasteiger partial charge in [0.2, 0.25) is 0 Å². The third-order valence-electron chi connectivity index (χ3n) is 4.08. The Balaban J connectivity index is 2.05. The largest absolute Gasteiger partial charge is 0.349 e. The number of ketones is 1. The molecule has 1 atom stereocenters. The Morgan fingerprint density at radius 1 is 1.29 bits per heavy atom. The summed E-state index contributed by atoms with van der Waals surface area (Å²) in [7, 11) is 0. The van der Waals surface area contributed by atoms with Crippen molar-refractivity contribution in [1.82, 2.24) is 5.32 Å². The monoisotopic (exact) mass is 296 g/mol. The smallest absolute Gasteiger partial charge is 0.161 e. The van der Waals surface area contributed by atoms with Gasteiger partial charge in [0.15, 0.2) is 5.78 Å². The number of carbonyl (C=O) groups excluding carboxylic acids is 1. The molecule has 0 unspecified atom stereocenters. The van der Waals surface area contributed by atoms with Gasteiger partial charge in [-0.2, -0.15) is 0 Å². The molecule has 0 aromatic heterocycles. The SMILES string of the molecule is N=C=C1C(=S)NC2=C(C(=O)CCC2)[C@@H]1Cc1ccccc1. The molecule has 0 bridgehead atoms. The molecule has 3 rings (SSSR count). The number of rotatable bonds is 2. The summed E-state index contributed by atoms with van der Waals surface area (Å²) in [6, 6.07) is 10.0. The fourth-order valence-corrected chi connectivity index (χ4v) is 3.42. The Morgan fingerprint density at radius 2 is 2.05 bits per heavy atom. The fraction of sp³-hybridized carbons (Fsp3) is 0.294. The van der Waals surface area contributed by atoms with Crippen LogP contribution in [0.5, 0.6) is 0 Å². The molecule has 1 aliphatic carbocycles. The zero-order valence-corrected chi connectivity index (χ0v) is 12.4. The lowest BCUT2D eigenvalue weighted by molar-refractivity contribution is -0.116. The molecule has 0 saturated carbocycles. The number of carbonyl (C=O) groups is 1. The minimum Gasteiger partial charge on any atom is -0.349 e. The van der Waals surface area contributed by atoms with E-state index in [1.54, 1.807) is 0 Å². The second kappa shape index (κ2) is 5.76. The van der Waals surface area contributed by atoms with E-state index < -0.39 is 0 Å². The summed E-state index contributed by atoms with van der Waals surface area (Å²) >= 11 is 5.35. The zero-order valence-electron chi connectivity index (χ0n) is 11.6. The summed E-state index contributed by atoms with van der Waals surface area (Å²) in [4.78, 5) is 12.9. The highest BCUT2D eigenvalue weighted by Gasteiger charge is 2.36. The van der Waals surface area contributed by atoms with Gasteiger partial charge in [0.25, 0.3) is 0 Å². The highest BCUT2D eigenvalue weighted by Crippen LogP contribution is 2.35. The van der Waals surface area contributed by atoms with Gasteiger partial charge in [-0.1, -0.05) is 42.5 Å². The summed E-state index contributed by atoms with van der Waals surface area (Å²) < 4.78 is 0. The number of Topliss-reactive ketones (excluding diaryl/α,β-unsaturated/α-hetero) is 1. The fourth-order valence-electron chi connectivity index (χ4n) is 3.10. The molecule has 3 nitrogen and oxygen atoms in total. The number of hydrogen-bond donors (Lipinski definition) is 2. The summed E-state index contributed by atoms with van der Waals surface area (Å²) in [6.07, 6.45) is 3.01. The minimum atomic E-state index is -0.138. The minimum absolute atomic E-state index is 0.138. The van der Waals surface area contributed by atoms with E-state index in [1.165, 1.54) is 0 Å². The molecule has 0 radical (unpaired) electrons. The number of thiocarbonyl (C=S) groups is 1. The highest BCUT2D eigenvalue weighted by atomic mass is 32.1. The maximum Gasteiger partial charge on any atom is 0.161 e. The van der Waals surface area contributed by atoms with E-state index in [2.05, 4.69) is 11.2 Å². The summed E-state index contributed by atoms with van der Waals surface area (Å²) in [5.74, 6) is 2.50. The first-order valence-electron chi connectivity index (χ1n) is 7.12. The molecule has 1 aromatic rings. The quantitative estimate of drug-likeness (QED) is 0.501. The zero-order chi connectivity index (χ0) is 14.8. The van der Waals surface area contributed by atoms with E-state index in [9.17, 15) is 4.79 Å². The van der Waals surface area contributed by atoms with Crippen molar-refractivity contribution in [1.29, 1.82) is 5.41 Å². The van der Waals surface area contributed by atoms with Crippen molar-refractivity contribution in [2.45, 2.75) is 25.7 Å². The molecule has 0 saturated heterocycles. The first kappa shape index (κ1) is 13.9. The van der Waals surface area contributed by atoms with E-state index in [4.69, 9.17) is 17.6 Å². The Bertz CT molecular complexity index is 684. The lowest BCUT2D eigenvalue weighted by atomic mass is 9.76. The van der Waals surface area contributed by atoms with Crippen molar-refractivity contribution in [2.75, 3.05) is 0 Å². The topological polar surface area (TPSA) is 53.0 Å². The van der Waals surface area contributed by atoms with Gasteiger partial charge in [-0.3, -0.25) is 10.2 Å². The van der Waals surface area contributed by atoms with Gasteiger partial charge in [0.05, 0.1) is 5.57 Å². The van der Waals surface area contributed by atoms with E-state index in [1.807, 2.05) is 30.3 Å². The molecule has 106 valence electrons. The molecule has 1 heterocycles. The summed E-state index contributed by atoms with van der Waals surface area (Å²) in [5.41, 5.74) is 3.54. The average Bonchev–Trinajstić information content (AvgIpc) is 2.48. The van der Waals surface area contributed by atoms with Gasteiger partial charge >= 0.3 is 0 Å². The van der Waals surface area contributed by atoms with Crippen LogP contribution in [-0.2, 0) is 11.2 Å². The molecule has 2 N–H and O–H groups in total. The summed E-state index contributed by atoms with van der Waals surface area (Å²) in [5, 5.41) is 10.7. The maximum atomic E-state index is 12.4. The molecule has 2 aliphatic rings. The van der Waals surface area contributed by atoms with Crippen molar-refractivity contribution < 1.29 is 4.79 Å². The van der Waals surface area contributed by atoms with Crippen molar-refractivity contribution in [3.8, 4) is 0 Å². The van der Waals surface area contributed by atoms with Crippen molar-refractivity contribution in [3.05, 3.63) is 52.7 Å². The molecular formula is C17H16N2OS. The van der Waals surface area contributed by atoms with Crippen LogP contribution in [-0.4, -0.2) is 16.6 Å². The third kappa shape index (κ3) is 2.60. The van der Waals surface area contributed by atoms with E-state index in [0.29, 0.717) is 23.4 Å². The van der Waals surface area contributed by atoms with Crippen LogP contribution in [0.2, 0.25) is 0 Å². The van der Waals surface area contributed by atoms with Gasteiger partial charge in [0, 0.05) is 23.6 Å². The number of hydrogen-bond acceptors (Lipinski definition) is 3. The van der Waals surface area contributed by atoms with Gasteiger partial charge in [-0.05, 0) is 30.7 Å². The Labute approximate surface area is 129 Å². The number of benzene rings is 1. The van der Waals surface area contributed by atoms with Crippen LogP contribution in [0.4, 0.5) is 0 Å². The van der Waals surface area contributed by atoms with Crippen LogP contribution in [0.1, 0.15) is 24.8 Å². The maximum absolute atomic E-state index is 12.4. The molecule has 1 aliphatic heterocycles. The lowest BCUT2D eigenvalue weighted by Gasteiger charge is -2.33. The molecule has 0 spiro atoms. The van der Waals surface area contributed by atoms with Crippen LogP contribution in [0.3, 0.4) is 0 Å². The normalized spacial score (nSPS) is 21.7. The first-order chi connectivity index (χ1) is 10.2. The van der Waals surface area contributed by atoms with Crippen molar-refractivity contribution in [3.63, 3.8) is 0 Å². The van der Waals surface area contributed by atoms with E-state index >= 15 is 0 Å². The number of allylic oxidation sites excluding steroid dienone is 2. The molecule has 1 aromatic carbocycles. The van der Waals surface area contributed by atoms with Gasteiger partial charge in [0.1, 0.15) is 4.99 Å². The Hall–Kier alpha value is -2.03. The average molecular weight is 296 g/mol. The Morgan fingerprint density at radius 3 is 2.76 bits per heavy atom. The lowest BCUT2D eigenvalue weighted by Crippen LogP contribution is -2.39. The van der Waals surface area contributed by atoms with E-state index in [-0.39, 0.29) is 11.7 Å². The molecule has 4 heteroatoms. The van der Waals surface area contributed by atoms with Gasteiger partial charge in [-0.15, -0.1) is 0 Å². The van der Waals surface area contributed by atoms with Crippen LogP contribution in [0.15, 0.2) is 47.2 Å². The predicted octanol–water partition coefficient (Wildman–Crippen LogP) is 2.96. The van der Waals surface area contributed by atoms with Gasteiger partial charge in [-0.25, -0.2) is 0 Å². The van der Waals surface area contributed by atoms with E-state index in [0.717, 1.165) is 29.7 Å². The second-order valence-electron chi connectivity index (χ2n) is 5.40. The summed E-state index contributed by atoms with van der Waals surface area (Å²) in [6.45, 7) is 0. The van der Waals surface area contributed by atoms with Crippen molar-refractivity contribution >= 4 is 28.9 Å². The predicted molar refractivity (Wildman–Crippen MR) is 86.5 cm³/mol. The molecule has 0 amide bonds. The third-order valence-corrected chi connectivity index (χ3v) is 4.40. The molecule has 21 heavy (non-hydrogen) atoms. The molecular weight excluding hydrogens is 280 g/mol. The highest BCUT2D eigenvalue weighted by molar-refractivity contribution is 7.80. The Kier molecular flexibility index (Phi) is 3.82. The van der Waals surface area contributed by atoms with Crippen LogP contribution in [0.25, 0.3) is 0 Å². The van der Waals surface area contributed by atoms with Gasteiger partial charge < -0.3 is 5.32 Å². The molecule has 0 fully saturated rings. The second-order valence-corrected chi connectivity index (χ2v) is 5.81. The van der Waals surface area contributed by atoms with Crippen LogP contribution >= 0.6 is 12.2 Å². The van der Waals surface area contributed by atoms with Crippen LogP contribution < -0.4 is 5.32 Å². The standard InChI is InChI=1S/C17H16N2OS/c18-10-13-12(9-11-5-2-1-3-6-11)16-14(19-17(13)21)7-4-8-15(16)20/h1-3,5-6,12,18H,4,7-9H2,(H,19,21)/t12-/m1/s1. The van der Waals surface area contributed by atoms with Crippen LogP contribution in [0, 0.1) is 11.3 Å². The number of nitrogens with one attached hydrogen (secondary N) is 2. The first-order valence-corrected chi connectivity index (χ1v) is 7.52. The van der Waals surface area contributed by atoms with Crippen molar-refractivity contribution in [2.24, 2.45) is 5.92 Å².